The highest BCUT2D eigenvalue weighted by Gasteiger charge is 2.18. The van der Waals surface area contributed by atoms with Crippen LogP contribution in [-0.2, 0) is 4.74 Å². The second-order valence-electron chi connectivity index (χ2n) is 2.09. The van der Waals surface area contributed by atoms with Crippen LogP contribution in [0, 0.1) is 0 Å². The number of ether oxygens (including phenoxy) is 1. The molecular weight excluding hydrogens is 142 g/mol. The van der Waals surface area contributed by atoms with E-state index >= 15 is 0 Å². The summed E-state index contributed by atoms with van der Waals surface area (Å²) in [6, 6.07) is -0.0660. The van der Waals surface area contributed by atoms with Crippen LogP contribution in [0.4, 0.5) is 0 Å². The van der Waals surface area contributed by atoms with Gasteiger partial charge >= 0.3 is 1.43 Å². The Balaban J connectivity index is 0. The van der Waals surface area contributed by atoms with E-state index in [2.05, 4.69) is 0 Å². The fraction of sp³-hybridized carbons (Fsp3) is 1.00. The van der Waals surface area contributed by atoms with E-state index in [4.69, 9.17) is 15.6 Å². The molecule has 9 heavy (non-hydrogen) atoms. The molecule has 2 atom stereocenters. The fourth-order valence-corrected chi connectivity index (χ4v) is 0.739. The summed E-state index contributed by atoms with van der Waals surface area (Å²) in [6.45, 7) is 1.10. The highest BCUT2D eigenvalue weighted by atomic mass is 35.5. The van der Waals surface area contributed by atoms with Crippen molar-refractivity contribution < 1.29 is 23.7 Å². The van der Waals surface area contributed by atoms with Crippen LogP contribution < -0.4 is 18.1 Å². The third-order valence-corrected chi connectivity index (χ3v) is 1.38. The molecule has 4 heteroatoms. The van der Waals surface area contributed by atoms with Gasteiger partial charge in [0.25, 0.3) is 0 Å². The molecule has 0 aliphatic carbocycles. The van der Waals surface area contributed by atoms with Crippen molar-refractivity contribution in [1.29, 1.82) is 0 Å². The van der Waals surface area contributed by atoms with E-state index < -0.39 is 6.10 Å². The summed E-state index contributed by atoms with van der Waals surface area (Å²) in [6.07, 6.45) is 0.338. The summed E-state index contributed by atoms with van der Waals surface area (Å²) in [4.78, 5) is 0. The normalized spacial score (nSPS) is 35.3. The molecule has 1 rings (SSSR count). The quantitative estimate of drug-likeness (QED) is 0.376. The van der Waals surface area contributed by atoms with E-state index in [0.717, 1.165) is 6.42 Å². The molecule has 0 amide bonds. The third kappa shape index (κ3) is 2.49. The molecule has 1 saturated heterocycles. The molecule has 3 N–H and O–H groups in total. The predicted molar refractivity (Wildman–Crippen MR) is 30.5 cm³/mol. The molecule has 0 unspecified atom stereocenters. The monoisotopic (exact) mass is 153 g/mol. The number of rotatable bonds is 0. The highest BCUT2D eigenvalue weighted by molar-refractivity contribution is 4.74. The van der Waals surface area contributed by atoms with Gasteiger partial charge in [0.1, 0.15) is 0 Å². The summed E-state index contributed by atoms with van der Waals surface area (Å²) < 4.78 is 4.92. The first-order chi connectivity index (χ1) is 3.80. The van der Waals surface area contributed by atoms with Crippen LogP contribution in [0.25, 0.3) is 0 Å². The maximum absolute atomic E-state index is 8.93. The SMILES string of the molecule is N[C@H]1CCOC[C@@H]1O.[Cl-].[H+]. The Kier molecular flexibility index (Phi) is 4.14. The Morgan fingerprint density at radius 1 is 1.67 bits per heavy atom. The van der Waals surface area contributed by atoms with Gasteiger partial charge in [-0.15, -0.1) is 0 Å². The zero-order valence-corrected chi connectivity index (χ0v) is 5.84. The van der Waals surface area contributed by atoms with Crippen molar-refractivity contribution in [3.05, 3.63) is 0 Å². The van der Waals surface area contributed by atoms with Crippen molar-refractivity contribution in [1.82, 2.24) is 0 Å². The molecule has 56 valence electrons. The van der Waals surface area contributed by atoms with Crippen LogP contribution >= 0.6 is 0 Å². The molecule has 0 spiro atoms. The summed E-state index contributed by atoms with van der Waals surface area (Å²) in [5.74, 6) is 0. The maximum atomic E-state index is 8.93. The zero-order chi connectivity index (χ0) is 5.98. The zero-order valence-electron chi connectivity index (χ0n) is 6.09. The summed E-state index contributed by atoms with van der Waals surface area (Å²) >= 11 is 0. The first kappa shape index (κ1) is 9.17. The van der Waals surface area contributed by atoms with Gasteiger partial charge in [0.05, 0.1) is 12.7 Å². The Morgan fingerprint density at radius 3 is 2.67 bits per heavy atom. The molecule has 3 nitrogen and oxygen atoms in total. The van der Waals surface area contributed by atoms with Crippen molar-refractivity contribution in [2.24, 2.45) is 5.73 Å². The average molecular weight is 154 g/mol. The lowest BCUT2D eigenvalue weighted by Gasteiger charge is -2.23. The molecule has 1 fully saturated rings. The van der Waals surface area contributed by atoms with Crippen molar-refractivity contribution in [2.75, 3.05) is 13.2 Å². The van der Waals surface area contributed by atoms with Gasteiger partial charge in [-0.25, -0.2) is 0 Å². The second-order valence-corrected chi connectivity index (χ2v) is 2.09. The van der Waals surface area contributed by atoms with E-state index in [9.17, 15) is 0 Å². The lowest BCUT2D eigenvalue weighted by Crippen LogP contribution is -3.00. The molecule has 0 aromatic heterocycles. The Hall–Kier alpha value is 0.170. The number of nitrogens with two attached hydrogens (primary N) is 1. The second kappa shape index (κ2) is 4.06. The standard InChI is InChI=1S/C5H11NO2.ClH/c6-4-1-2-8-3-5(4)7;/h4-5,7H,1-3,6H2;1H/t4-,5-;/m0./s1. The summed E-state index contributed by atoms with van der Waals surface area (Å²) in [7, 11) is 0. The van der Waals surface area contributed by atoms with Crippen LogP contribution in [0.2, 0.25) is 0 Å². The number of aliphatic hydroxyl groups is 1. The first-order valence-corrected chi connectivity index (χ1v) is 2.82. The minimum atomic E-state index is -0.441. The first-order valence-electron chi connectivity index (χ1n) is 2.82. The molecule has 0 bridgehead atoms. The highest BCUT2D eigenvalue weighted by Crippen LogP contribution is 2.03. The molecule has 0 aromatic rings. The fourth-order valence-electron chi connectivity index (χ4n) is 0.739. The van der Waals surface area contributed by atoms with Crippen molar-refractivity contribution in [3.8, 4) is 0 Å². The molecular formula is C5H12ClNO2. The van der Waals surface area contributed by atoms with E-state index in [1.807, 2.05) is 0 Å². The van der Waals surface area contributed by atoms with Crippen molar-refractivity contribution in [3.63, 3.8) is 0 Å². The van der Waals surface area contributed by atoms with Crippen LogP contribution in [-0.4, -0.2) is 30.5 Å². The minimum Gasteiger partial charge on any atom is -1.00 e. The van der Waals surface area contributed by atoms with Crippen LogP contribution in [0.5, 0.6) is 0 Å². The average Bonchev–Trinajstić information content (AvgIpc) is 1.77. The summed E-state index contributed by atoms with van der Waals surface area (Å²) in [5.41, 5.74) is 5.45. The topological polar surface area (TPSA) is 55.5 Å². The lowest BCUT2D eigenvalue weighted by molar-refractivity contribution is -0.0182. The number of hydrogen-bond donors (Lipinski definition) is 2. The van der Waals surface area contributed by atoms with Gasteiger partial charge in [-0.3, -0.25) is 0 Å². The van der Waals surface area contributed by atoms with Gasteiger partial charge in [-0.2, -0.15) is 0 Å². The molecule has 0 radical (unpaired) electrons. The van der Waals surface area contributed by atoms with Gasteiger partial charge in [0.15, 0.2) is 0 Å². The minimum absolute atomic E-state index is 0. The van der Waals surface area contributed by atoms with E-state index in [0.29, 0.717) is 13.2 Å². The van der Waals surface area contributed by atoms with Crippen molar-refractivity contribution >= 4 is 0 Å². The molecule has 1 aliphatic heterocycles. The van der Waals surface area contributed by atoms with Crippen LogP contribution in [0.15, 0.2) is 0 Å². The van der Waals surface area contributed by atoms with Crippen LogP contribution in [0.3, 0.4) is 0 Å². The van der Waals surface area contributed by atoms with E-state index in [1.165, 1.54) is 0 Å². The van der Waals surface area contributed by atoms with Gasteiger partial charge in [-0.1, -0.05) is 0 Å². The summed E-state index contributed by atoms with van der Waals surface area (Å²) in [5, 5.41) is 8.93. The maximum Gasteiger partial charge on any atom is 1.00 e. The largest absolute Gasteiger partial charge is 1.00 e. The van der Waals surface area contributed by atoms with E-state index in [1.54, 1.807) is 0 Å². The smallest absolute Gasteiger partial charge is 1.00 e. The van der Waals surface area contributed by atoms with Gasteiger partial charge in [-0.05, 0) is 6.42 Å². The van der Waals surface area contributed by atoms with E-state index in [-0.39, 0.29) is 19.9 Å². The number of aliphatic hydroxyl groups excluding tert-OH is 1. The van der Waals surface area contributed by atoms with Gasteiger partial charge < -0.3 is 28.0 Å². The van der Waals surface area contributed by atoms with Gasteiger partial charge in [0, 0.05) is 12.6 Å². The lowest BCUT2D eigenvalue weighted by atomic mass is 10.1. The molecule has 1 heterocycles. The molecule has 0 saturated carbocycles. The molecule has 0 aromatic carbocycles. The Labute approximate surface area is 62.1 Å². The number of halogens is 1. The Bertz CT molecular complexity index is 76.0. The predicted octanol–water partition coefficient (Wildman–Crippen LogP) is -3.79. The molecule has 1 aliphatic rings. The van der Waals surface area contributed by atoms with Crippen molar-refractivity contribution in [2.45, 2.75) is 18.6 Å². The Morgan fingerprint density at radius 2 is 2.33 bits per heavy atom. The number of hydrogen-bond acceptors (Lipinski definition) is 3. The third-order valence-electron chi connectivity index (χ3n) is 1.38. The van der Waals surface area contributed by atoms with Crippen LogP contribution in [0.1, 0.15) is 7.85 Å². The van der Waals surface area contributed by atoms with Gasteiger partial charge in [0.2, 0.25) is 0 Å².